The van der Waals surface area contributed by atoms with Crippen molar-refractivity contribution in [2.45, 2.75) is 6.04 Å². The first-order valence-corrected chi connectivity index (χ1v) is 5.55. The predicted molar refractivity (Wildman–Crippen MR) is 69.8 cm³/mol. The molecule has 17 heavy (non-hydrogen) atoms. The molecule has 0 bridgehead atoms. The van der Waals surface area contributed by atoms with E-state index in [9.17, 15) is 0 Å². The topological polar surface area (TPSA) is 36.2 Å². The van der Waals surface area contributed by atoms with Gasteiger partial charge in [-0.15, -0.1) is 0 Å². The molecule has 84 valence electrons. The van der Waals surface area contributed by atoms with Crippen LogP contribution in [0.15, 0.2) is 71.9 Å². The zero-order valence-electron chi connectivity index (χ0n) is 9.45. The Labute approximate surface area is 101 Å². The quantitative estimate of drug-likeness (QED) is 0.741. The maximum atomic E-state index is 7.24. The van der Waals surface area contributed by atoms with E-state index in [-0.39, 0.29) is 6.04 Å². The molecule has 2 nitrogen and oxygen atoms in total. The molecule has 1 unspecified atom stereocenters. The molecule has 0 saturated heterocycles. The minimum absolute atomic E-state index is 0.198. The van der Waals surface area contributed by atoms with Crippen LogP contribution >= 0.6 is 0 Å². The minimum Gasteiger partial charge on any atom is -0.209 e. The maximum Gasteiger partial charge on any atom is 0.114 e. The van der Waals surface area contributed by atoms with Gasteiger partial charge in [0.15, 0.2) is 0 Å². The van der Waals surface area contributed by atoms with Crippen LogP contribution in [0.4, 0.5) is 0 Å². The molecule has 2 aromatic carbocycles. The summed E-state index contributed by atoms with van der Waals surface area (Å²) in [6.07, 6.45) is 3.94. The van der Waals surface area contributed by atoms with Gasteiger partial charge in [-0.2, -0.15) is 5.11 Å². The van der Waals surface area contributed by atoms with Crippen LogP contribution in [0.25, 0.3) is 6.08 Å². The Kier molecular flexibility index (Phi) is 3.81. The number of hydrogen-bond acceptors (Lipinski definition) is 2. The number of nitrogens with one attached hydrogen (secondary N) is 1. The highest BCUT2D eigenvalue weighted by Gasteiger charge is 2.03. The van der Waals surface area contributed by atoms with Gasteiger partial charge in [0, 0.05) is 0 Å². The second-order valence-electron chi connectivity index (χ2n) is 3.75. The second kappa shape index (κ2) is 5.75. The average Bonchev–Trinajstić information content (AvgIpc) is 2.42. The fourth-order valence-electron chi connectivity index (χ4n) is 1.65. The number of rotatable bonds is 4. The van der Waals surface area contributed by atoms with E-state index in [0.717, 1.165) is 11.1 Å². The van der Waals surface area contributed by atoms with Crippen LogP contribution in [0, 0.1) is 5.53 Å². The monoisotopic (exact) mass is 222 g/mol. The molecule has 2 heteroatoms. The van der Waals surface area contributed by atoms with Crippen molar-refractivity contribution in [3.8, 4) is 0 Å². The lowest BCUT2D eigenvalue weighted by Crippen LogP contribution is -1.89. The lowest BCUT2D eigenvalue weighted by Gasteiger charge is -2.05. The molecule has 0 spiro atoms. The van der Waals surface area contributed by atoms with Gasteiger partial charge in [-0.25, -0.2) is 5.53 Å². The highest BCUT2D eigenvalue weighted by Crippen LogP contribution is 2.19. The van der Waals surface area contributed by atoms with E-state index in [1.54, 1.807) is 0 Å². The van der Waals surface area contributed by atoms with Gasteiger partial charge in [0.05, 0.1) is 0 Å². The molecule has 0 fully saturated rings. The van der Waals surface area contributed by atoms with Crippen molar-refractivity contribution < 1.29 is 0 Å². The van der Waals surface area contributed by atoms with Crippen LogP contribution in [-0.4, -0.2) is 0 Å². The normalized spacial score (nSPS) is 12.5. The SMILES string of the molecule is N=NC(C=Cc1ccccc1)c1ccccc1. The molecule has 0 heterocycles. The molecule has 0 aliphatic heterocycles. The summed E-state index contributed by atoms with van der Waals surface area (Å²) in [7, 11) is 0. The lowest BCUT2D eigenvalue weighted by molar-refractivity contribution is 0.805. The van der Waals surface area contributed by atoms with Gasteiger partial charge in [0.25, 0.3) is 0 Å². The molecule has 0 amide bonds. The van der Waals surface area contributed by atoms with Gasteiger partial charge in [-0.05, 0) is 11.1 Å². The second-order valence-corrected chi connectivity index (χ2v) is 3.75. The van der Waals surface area contributed by atoms with Crippen LogP contribution in [0.1, 0.15) is 17.2 Å². The van der Waals surface area contributed by atoms with E-state index >= 15 is 0 Å². The van der Waals surface area contributed by atoms with E-state index in [1.807, 2.05) is 72.8 Å². The van der Waals surface area contributed by atoms with Gasteiger partial charge in [-0.1, -0.05) is 72.8 Å². The smallest absolute Gasteiger partial charge is 0.114 e. The fourth-order valence-corrected chi connectivity index (χ4v) is 1.65. The van der Waals surface area contributed by atoms with E-state index in [0.29, 0.717) is 0 Å². The summed E-state index contributed by atoms with van der Waals surface area (Å²) < 4.78 is 0. The average molecular weight is 222 g/mol. The zero-order chi connectivity index (χ0) is 11.9. The summed E-state index contributed by atoms with van der Waals surface area (Å²) in [5, 5.41) is 3.64. The molecule has 1 N–H and O–H groups in total. The van der Waals surface area contributed by atoms with E-state index < -0.39 is 0 Å². The third-order valence-corrected chi connectivity index (χ3v) is 2.55. The first-order valence-electron chi connectivity index (χ1n) is 5.55. The molecule has 0 aliphatic rings. The van der Waals surface area contributed by atoms with Crippen molar-refractivity contribution >= 4 is 6.08 Å². The Balaban J connectivity index is 2.16. The van der Waals surface area contributed by atoms with Crippen molar-refractivity contribution in [2.75, 3.05) is 0 Å². The Bertz CT molecular complexity index is 489. The van der Waals surface area contributed by atoms with Gasteiger partial charge in [-0.3, -0.25) is 0 Å². The maximum absolute atomic E-state index is 7.24. The van der Waals surface area contributed by atoms with Crippen molar-refractivity contribution in [3.05, 3.63) is 77.9 Å². The van der Waals surface area contributed by atoms with E-state index in [1.165, 1.54) is 0 Å². The van der Waals surface area contributed by atoms with Gasteiger partial charge < -0.3 is 0 Å². The number of benzene rings is 2. The van der Waals surface area contributed by atoms with Gasteiger partial charge in [0.2, 0.25) is 0 Å². The summed E-state index contributed by atoms with van der Waals surface area (Å²) in [5.74, 6) is 0. The van der Waals surface area contributed by atoms with Crippen LogP contribution in [0.2, 0.25) is 0 Å². The van der Waals surface area contributed by atoms with E-state index in [2.05, 4.69) is 5.11 Å². The molecular weight excluding hydrogens is 208 g/mol. The Morgan fingerprint density at radius 1 is 0.882 bits per heavy atom. The summed E-state index contributed by atoms with van der Waals surface area (Å²) in [6.45, 7) is 0. The van der Waals surface area contributed by atoms with Crippen molar-refractivity contribution in [3.63, 3.8) is 0 Å². The van der Waals surface area contributed by atoms with Crippen molar-refractivity contribution in [2.24, 2.45) is 5.11 Å². The predicted octanol–water partition coefficient (Wildman–Crippen LogP) is 4.47. The molecule has 2 rings (SSSR count). The van der Waals surface area contributed by atoms with Gasteiger partial charge >= 0.3 is 0 Å². The highest BCUT2D eigenvalue weighted by atomic mass is 15.0. The number of nitrogens with zero attached hydrogens (tertiary/aromatic N) is 1. The van der Waals surface area contributed by atoms with Crippen LogP contribution in [-0.2, 0) is 0 Å². The first kappa shape index (κ1) is 11.3. The molecule has 1 atom stereocenters. The standard InChI is InChI=1S/C15H14N2/c16-17-15(14-9-5-2-6-10-14)12-11-13-7-3-1-4-8-13/h1-12,15-16H. The third-order valence-electron chi connectivity index (χ3n) is 2.55. The largest absolute Gasteiger partial charge is 0.209 e. The van der Waals surface area contributed by atoms with Crippen molar-refractivity contribution in [1.82, 2.24) is 0 Å². The summed E-state index contributed by atoms with van der Waals surface area (Å²) in [4.78, 5) is 0. The summed E-state index contributed by atoms with van der Waals surface area (Å²) >= 11 is 0. The minimum atomic E-state index is -0.198. The van der Waals surface area contributed by atoms with Crippen molar-refractivity contribution in [1.29, 1.82) is 5.53 Å². The van der Waals surface area contributed by atoms with Crippen LogP contribution in [0.5, 0.6) is 0 Å². The highest BCUT2D eigenvalue weighted by molar-refractivity contribution is 5.50. The molecule has 0 aromatic heterocycles. The Morgan fingerprint density at radius 3 is 2.06 bits per heavy atom. The third kappa shape index (κ3) is 3.11. The van der Waals surface area contributed by atoms with Gasteiger partial charge in [0.1, 0.15) is 6.04 Å². The molecular formula is C15H14N2. The van der Waals surface area contributed by atoms with Crippen LogP contribution < -0.4 is 0 Å². The fraction of sp³-hybridized carbons (Fsp3) is 0.0667. The van der Waals surface area contributed by atoms with E-state index in [4.69, 9.17) is 5.53 Å². The molecule has 2 aromatic rings. The Hall–Kier alpha value is -2.22. The summed E-state index contributed by atoms with van der Waals surface area (Å²) in [5.41, 5.74) is 9.40. The molecule has 0 radical (unpaired) electrons. The molecule has 0 aliphatic carbocycles. The number of hydrogen-bond donors (Lipinski definition) is 1. The first-order chi connectivity index (χ1) is 8.40. The lowest BCUT2D eigenvalue weighted by atomic mass is 10.1. The molecule has 0 saturated carbocycles. The van der Waals surface area contributed by atoms with Crippen LogP contribution in [0.3, 0.4) is 0 Å². The summed E-state index contributed by atoms with van der Waals surface area (Å²) in [6, 6.07) is 19.7. The Morgan fingerprint density at radius 2 is 1.47 bits per heavy atom. The zero-order valence-corrected chi connectivity index (χ0v) is 9.45.